The summed E-state index contributed by atoms with van der Waals surface area (Å²) in [5.41, 5.74) is 0. The van der Waals surface area contributed by atoms with E-state index in [1.165, 1.54) is 0 Å². The maximum atomic E-state index is 11.8. The van der Waals surface area contributed by atoms with Crippen LogP contribution >= 0.6 is 0 Å². The number of nitrogens with zero attached hydrogens (tertiary/aromatic N) is 1. The van der Waals surface area contributed by atoms with Crippen molar-refractivity contribution in [1.29, 1.82) is 0 Å². The van der Waals surface area contributed by atoms with Crippen LogP contribution < -0.4 is 0 Å². The summed E-state index contributed by atoms with van der Waals surface area (Å²) in [6.07, 6.45) is 2.41. The van der Waals surface area contributed by atoms with Crippen LogP contribution in [0.2, 0.25) is 0 Å². The third kappa shape index (κ3) is 14.5. The minimum absolute atomic E-state index is 0.226. The standard InChI is InChI=1S/C19H29NO8/c1-13(2)26-17(22)8-7-16(21)25-12-15(11-20(5)6)28-19(24)10-9-18(23)27-14(3)4/h7-10,13-15H,11-12H2,1-6H3/b8-7+,10-9+. The molecule has 0 rings (SSSR count). The number of hydrogen-bond acceptors (Lipinski definition) is 9. The van der Waals surface area contributed by atoms with Gasteiger partial charge in [0.1, 0.15) is 12.7 Å². The predicted molar refractivity (Wildman–Crippen MR) is 100 cm³/mol. The molecule has 0 radical (unpaired) electrons. The van der Waals surface area contributed by atoms with Crippen LogP contribution in [-0.2, 0) is 38.1 Å². The Morgan fingerprint density at radius 3 is 1.50 bits per heavy atom. The number of carbonyl (C=O) groups is 4. The smallest absolute Gasteiger partial charge is 0.331 e. The molecule has 0 saturated carbocycles. The Balaban J connectivity index is 4.62. The zero-order valence-electron chi connectivity index (χ0n) is 17.2. The fourth-order valence-corrected chi connectivity index (χ4v) is 1.77. The Morgan fingerprint density at radius 1 is 0.714 bits per heavy atom. The number of carbonyl (C=O) groups excluding carboxylic acids is 4. The van der Waals surface area contributed by atoms with Gasteiger partial charge < -0.3 is 23.8 Å². The second-order valence-corrected chi connectivity index (χ2v) is 6.59. The first kappa shape index (κ1) is 25.3. The van der Waals surface area contributed by atoms with Crippen molar-refractivity contribution in [2.24, 2.45) is 0 Å². The third-order valence-corrected chi connectivity index (χ3v) is 2.68. The van der Waals surface area contributed by atoms with Crippen LogP contribution in [0.5, 0.6) is 0 Å². The second kappa shape index (κ2) is 13.5. The van der Waals surface area contributed by atoms with E-state index in [2.05, 4.69) is 0 Å². The first-order valence-electron chi connectivity index (χ1n) is 8.79. The highest BCUT2D eigenvalue weighted by molar-refractivity contribution is 5.92. The molecule has 0 N–H and O–H groups in total. The lowest BCUT2D eigenvalue weighted by Crippen LogP contribution is -2.34. The molecule has 1 unspecified atom stereocenters. The van der Waals surface area contributed by atoms with E-state index >= 15 is 0 Å². The van der Waals surface area contributed by atoms with Crippen molar-refractivity contribution in [2.75, 3.05) is 27.2 Å². The van der Waals surface area contributed by atoms with Crippen LogP contribution in [0.15, 0.2) is 24.3 Å². The minimum atomic E-state index is -0.781. The van der Waals surface area contributed by atoms with E-state index in [1.54, 1.807) is 46.7 Å². The number of rotatable bonds is 11. The molecule has 9 nitrogen and oxygen atoms in total. The molecule has 9 heteroatoms. The normalized spacial score (nSPS) is 12.6. The molecule has 0 heterocycles. The van der Waals surface area contributed by atoms with Crippen LogP contribution in [-0.4, -0.2) is 74.3 Å². The number of ether oxygens (including phenoxy) is 4. The lowest BCUT2D eigenvalue weighted by atomic mass is 10.3. The maximum absolute atomic E-state index is 11.8. The first-order valence-corrected chi connectivity index (χ1v) is 8.79. The predicted octanol–water partition coefficient (Wildman–Crippen LogP) is 1.02. The zero-order valence-corrected chi connectivity index (χ0v) is 17.2. The largest absolute Gasteiger partial charge is 0.460 e. The van der Waals surface area contributed by atoms with Gasteiger partial charge in [0.05, 0.1) is 12.2 Å². The number of likely N-dealkylation sites (N-methyl/N-ethyl adjacent to an activating group) is 1. The van der Waals surface area contributed by atoms with Crippen molar-refractivity contribution in [3.63, 3.8) is 0 Å². The van der Waals surface area contributed by atoms with Crippen LogP contribution in [0.4, 0.5) is 0 Å². The highest BCUT2D eigenvalue weighted by atomic mass is 16.6. The van der Waals surface area contributed by atoms with Gasteiger partial charge in [-0.1, -0.05) is 0 Å². The molecule has 158 valence electrons. The van der Waals surface area contributed by atoms with E-state index in [-0.39, 0.29) is 25.4 Å². The van der Waals surface area contributed by atoms with E-state index in [0.717, 1.165) is 24.3 Å². The van der Waals surface area contributed by atoms with E-state index in [9.17, 15) is 19.2 Å². The van der Waals surface area contributed by atoms with Gasteiger partial charge in [-0.15, -0.1) is 0 Å². The number of esters is 4. The number of hydrogen-bond donors (Lipinski definition) is 0. The van der Waals surface area contributed by atoms with Crippen LogP contribution in [0.3, 0.4) is 0 Å². The summed E-state index contributed by atoms with van der Waals surface area (Å²) in [6.45, 7) is 6.78. The molecule has 0 saturated heterocycles. The maximum Gasteiger partial charge on any atom is 0.331 e. The Labute approximate surface area is 165 Å². The SMILES string of the molecule is CC(C)OC(=O)/C=C/C(=O)OCC(CN(C)C)OC(=O)/C=C/C(=O)OC(C)C. The van der Waals surface area contributed by atoms with E-state index < -0.39 is 30.0 Å². The average molecular weight is 399 g/mol. The van der Waals surface area contributed by atoms with Gasteiger partial charge in [0.15, 0.2) is 0 Å². The Morgan fingerprint density at radius 2 is 1.11 bits per heavy atom. The van der Waals surface area contributed by atoms with Gasteiger partial charge in [-0.05, 0) is 41.8 Å². The third-order valence-electron chi connectivity index (χ3n) is 2.68. The Hall–Kier alpha value is -2.68. The molecule has 0 bridgehead atoms. The van der Waals surface area contributed by atoms with Gasteiger partial charge >= 0.3 is 23.9 Å². The Kier molecular flexibility index (Phi) is 12.2. The molecule has 0 aromatic heterocycles. The van der Waals surface area contributed by atoms with E-state index in [0.29, 0.717) is 0 Å². The Bertz CT molecular complexity index is 593. The molecule has 0 aliphatic rings. The fraction of sp³-hybridized carbons (Fsp3) is 0.579. The summed E-state index contributed by atoms with van der Waals surface area (Å²) < 4.78 is 19.9. The average Bonchev–Trinajstić information content (AvgIpc) is 2.54. The van der Waals surface area contributed by atoms with Crippen LogP contribution in [0.1, 0.15) is 27.7 Å². The first-order chi connectivity index (χ1) is 13.0. The van der Waals surface area contributed by atoms with Gasteiger partial charge in [-0.25, -0.2) is 19.2 Å². The van der Waals surface area contributed by atoms with Gasteiger partial charge in [-0.2, -0.15) is 0 Å². The lowest BCUT2D eigenvalue weighted by molar-refractivity contribution is -0.153. The lowest BCUT2D eigenvalue weighted by Gasteiger charge is -2.20. The molecular weight excluding hydrogens is 370 g/mol. The highest BCUT2D eigenvalue weighted by Gasteiger charge is 2.17. The van der Waals surface area contributed by atoms with Crippen LogP contribution in [0.25, 0.3) is 0 Å². The zero-order chi connectivity index (χ0) is 21.7. The monoisotopic (exact) mass is 399 g/mol. The minimum Gasteiger partial charge on any atom is -0.460 e. The van der Waals surface area contributed by atoms with Gasteiger partial charge in [0.2, 0.25) is 0 Å². The highest BCUT2D eigenvalue weighted by Crippen LogP contribution is 2.00. The molecule has 0 aromatic carbocycles. The van der Waals surface area contributed by atoms with Gasteiger partial charge in [-0.3, -0.25) is 0 Å². The second-order valence-electron chi connectivity index (χ2n) is 6.59. The summed E-state index contributed by atoms with van der Waals surface area (Å²) in [5.74, 6) is -2.89. The molecule has 0 spiro atoms. The molecule has 0 aliphatic heterocycles. The summed E-state index contributed by atoms with van der Waals surface area (Å²) in [6, 6.07) is 0. The topological polar surface area (TPSA) is 108 Å². The molecule has 1 atom stereocenters. The van der Waals surface area contributed by atoms with Crippen molar-refractivity contribution in [2.45, 2.75) is 46.0 Å². The van der Waals surface area contributed by atoms with Gasteiger partial charge in [0.25, 0.3) is 0 Å². The molecule has 0 aliphatic carbocycles. The fourth-order valence-electron chi connectivity index (χ4n) is 1.77. The van der Waals surface area contributed by atoms with Crippen molar-refractivity contribution in [3.05, 3.63) is 24.3 Å². The van der Waals surface area contributed by atoms with Crippen molar-refractivity contribution in [1.82, 2.24) is 4.90 Å². The summed E-state index contributed by atoms with van der Waals surface area (Å²) >= 11 is 0. The van der Waals surface area contributed by atoms with Gasteiger partial charge in [0, 0.05) is 30.8 Å². The van der Waals surface area contributed by atoms with Crippen LogP contribution in [0, 0.1) is 0 Å². The summed E-state index contributed by atoms with van der Waals surface area (Å²) in [7, 11) is 3.50. The molecule has 28 heavy (non-hydrogen) atoms. The molecule has 0 amide bonds. The quantitative estimate of drug-likeness (QED) is 0.286. The van der Waals surface area contributed by atoms with Crippen molar-refractivity contribution < 1.29 is 38.1 Å². The molecule has 0 fully saturated rings. The summed E-state index contributed by atoms with van der Waals surface area (Å²) in [4.78, 5) is 48.0. The van der Waals surface area contributed by atoms with Crippen molar-refractivity contribution in [3.8, 4) is 0 Å². The van der Waals surface area contributed by atoms with Crippen molar-refractivity contribution >= 4 is 23.9 Å². The summed E-state index contributed by atoms with van der Waals surface area (Å²) in [5, 5.41) is 0. The molecular formula is C19H29NO8. The van der Waals surface area contributed by atoms with E-state index in [4.69, 9.17) is 18.9 Å². The molecule has 0 aromatic rings. The van der Waals surface area contributed by atoms with E-state index in [1.807, 2.05) is 0 Å².